The summed E-state index contributed by atoms with van der Waals surface area (Å²) in [4.78, 5) is 44.8. The minimum absolute atomic E-state index is 0. The van der Waals surface area contributed by atoms with E-state index in [1.807, 2.05) is 0 Å². The Labute approximate surface area is 180 Å². The van der Waals surface area contributed by atoms with Crippen molar-refractivity contribution in [2.24, 2.45) is 5.16 Å². The molecule has 0 spiro atoms. The summed E-state index contributed by atoms with van der Waals surface area (Å²) < 4.78 is 35.9. The number of oxime groups is 1. The molecule has 1 aliphatic heterocycles. The van der Waals surface area contributed by atoms with Crippen molar-refractivity contribution in [2.45, 2.75) is 19.0 Å². The van der Waals surface area contributed by atoms with Gasteiger partial charge in [0.15, 0.2) is 11.8 Å². The normalized spacial score (nSPS) is 19.6. The maximum absolute atomic E-state index is 12.4. The number of esters is 1. The van der Waals surface area contributed by atoms with Crippen LogP contribution in [0.4, 0.5) is 0 Å². The van der Waals surface area contributed by atoms with E-state index in [2.05, 4.69) is 25.0 Å². The molecule has 0 saturated carbocycles. The van der Waals surface area contributed by atoms with Crippen LogP contribution in [-0.4, -0.2) is 102 Å². The Morgan fingerprint density at radius 3 is 2.48 bits per heavy atom. The second-order valence-electron chi connectivity index (χ2n) is 4.91. The van der Waals surface area contributed by atoms with E-state index in [-0.39, 0.29) is 45.3 Å². The molecule has 1 fully saturated rings. The molecule has 2 rings (SSSR count). The van der Waals surface area contributed by atoms with Crippen molar-refractivity contribution >= 4 is 74.7 Å². The maximum atomic E-state index is 12.4. The van der Waals surface area contributed by atoms with Crippen LogP contribution < -0.4 is 5.32 Å². The summed E-state index contributed by atoms with van der Waals surface area (Å²) in [5.41, 5.74) is -0.113. The Morgan fingerprint density at radius 2 is 2.04 bits per heavy atom. The van der Waals surface area contributed by atoms with Crippen molar-refractivity contribution in [1.82, 2.24) is 14.6 Å². The first kappa shape index (κ1) is 23.5. The van der Waals surface area contributed by atoms with Gasteiger partial charge >= 0.3 is 45.8 Å². The van der Waals surface area contributed by atoms with Crippen LogP contribution in [0.25, 0.3) is 0 Å². The van der Waals surface area contributed by atoms with Gasteiger partial charge in [0.05, 0.1) is 12.1 Å². The number of nitrogens with zero attached hydrogens (tertiary/aromatic N) is 3. The summed E-state index contributed by atoms with van der Waals surface area (Å²) in [7, 11) is -2.85. The van der Waals surface area contributed by atoms with E-state index in [1.165, 1.54) is 23.8 Å². The monoisotopic (exact) mass is 430 g/mol. The second-order valence-corrected chi connectivity index (χ2v) is 7.26. The number of methoxy groups -OCH3 is 1. The molecule has 1 saturated heterocycles. The van der Waals surface area contributed by atoms with Gasteiger partial charge in [0, 0.05) is 5.38 Å². The van der Waals surface area contributed by atoms with E-state index < -0.39 is 40.2 Å². The molecule has 1 aliphatic rings. The zero-order valence-electron chi connectivity index (χ0n) is 13.7. The van der Waals surface area contributed by atoms with Gasteiger partial charge in [-0.2, -0.15) is 12.7 Å². The molecule has 0 radical (unpaired) electrons. The molecule has 2 amide bonds. The molecule has 0 aromatic carbocycles. The van der Waals surface area contributed by atoms with Crippen molar-refractivity contribution in [3.05, 3.63) is 16.1 Å². The van der Waals surface area contributed by atoms with Crippen LogP contribution in [0, 0.1) is 6.92 Å². The molecule has 0 bridgehead atoms. The third-order valence-electron chi connectivity index (χ3n) is 3.29. The fourth-order valence-electron chi connectivity index (χ4n) is 2.19. The van der Waals surface area contributed by atoms with Gasteiger partial charge in [-0.25, -0.2) is 9.78 Å². The second kappa shape index (κ2) is 9.07. The molecule has 144 valence electrons. The average molecular weight is 430 g/mol. The number of hydrogen-bond donors (Lipinski definition) is 2. The van der Waals surface area contributed by atoms with Gasteiger partial charge in [-0.3, -0.25) is 14.1 Å². The van der Waals surface area contributed by atoms with Crippen molar-refractivity contribution in [3.8, 4) is 0 Å². The number of carbonyl (C=O) groups is 3. The Kier molecular flexibility index (Phi) is 7.88. The number of carbonyl (C=O) groups excluding carboxylic acids is 3. The number of amides is 2. The number of β-lactam (4-membered cyclic amide) rings is 1. The number of thiazole rings is 1. The summed E-state index contributed by atoms with van der Waals surface area (Å²) in [6.07, 6.45) is 0. The Bertz CT molecular complexity index is 884. The van der Waals surface area contributed by atoms with Gasteiger partial charge in [-0.1, -0.05) is 5.16 Å². The average Bonchev–Trinajstić information content (AvgIpc) is 2.98. The van der Waals surface area contributed by atoms with Gasteiger partial charge < -0.3 is 14.9 Å². The van der Waals surface area contributed by atoms with E-state index in [4.69, 9.17) is 4.55 Å². The third-order valence-corrected chi connectivity index (χ3v) is 4.97. The molecule has 2 unspecified atom stereocenters. The van der Waals surface area contributed by atoms with E-state index in [0.29, 0.717) is 5.01 Å². The van der Waals surface area contributed by atoms with Gasteiger partial charge in [-0.05, 0) is 6.92 Å². The van der Waals surface area contributed by atoms with Crippen molar-refractivity contribution in [3.63, 3.8) is 0 Å². The number of aromatic nitrogens is 1. The summed E-state index contributed by atoms with van der Waals surface area (Å²) >= 11 is 1.24. The summed E-state index contributed by atoms with van der Waals surface area (Å²) in [5.74, 6) is -3.27. The van der Waals surface area contributed by atoms with E-state index >= 15 is 0 Å². The van der Waals surface area contributed by atoms with Crippen LogP contribution in [-0.2, 0) is 34.3 Å². The van der Waals surface area contributed by atoms with Crippen molar-refractivity contribution in [2.75, 3.05) is 14.2 Å². The number of nitrogens with one attached hydrogen (secondary N) is 1. The van der Waals surface area contributed by atoms with Gasteiger partial charge in [0.1, 0.15) is 18.8 Å². The SMILES string of the molecule is CO/N=C(\C(=O)NC1C(=O)N(S(=O)(=O)O)C1C(=O)OC)c1csc(C)n1.[NaH]. The third kappa shape index (κ3) is 4.83. The van der Waals surface area contributed by atoms with Crippen LogP contribution in [0.5, 0.6) is 0 Å². The summed E-state index contributed by atoms with van der Waals surface area (Å²) in [5, 5.41) is 7.88. The van der Waals surface area contributed by atoms with Crippen molar-refractivity contribution in [1.29, 1.82) is 0 Å². The fraction of sp³-hybridized carbons (Fsp3) is 0.417. The van der Waals surface area contributed by atoms with Crippen LogP contribution in [0.2, 0.25) is 0 Å². The predicted octanol–water partition coefficient (Wildman–Crippen LogP) is -2.18. The fourth-order valence-corrected chi connectivity index (χ4v) is 3.62. The first-order chi connectivity index (χ1) is 12.1. The van der Waals surface area contributed by atoms with Crippen LogP contribution in [0.1, 0.15) is 10.7 Å². The molecule has 2 atom stereocenters. The van der Waals surface area contributed by atoms with Crippen LogP contribution in [0.3, 0.4) is 0 Å². The minimum atomic E-state index is -5.00. The molecule has 27 heavy (non-hydrogen) atoms. The van der Waals surface area contributed by atoms with E-state index in [9.17, 15) is 22.8 Å². The Hall–Kier alpha value is -1.58. The molecule has 2 heterocycles. The molecule has 0 aliphatic carbocycles. The number of hydrogen-bond acceptors (Lipinski definition) is 10. The molecule has 2 N–H and O–H groups in total. The van der Waals surface area contributed by atoms with Crippen LogP contribution in [0.15, 0.2) is 10.5 Å². The summed E-state index contributed by atoms with van der Waals surface area (Å²) in [6, 6.07) is -3.31. The molecular formula is C12H15N4NaO8S2. The zero-order chi connectivity index (χ0) is 19.6. The van der Waals surface area contributed by atoms with E-state index in [0.717, 1.165) is 7.11 Å². The number of ether oxygens (including phenoxy) is 1. The van der Waals surface area contributed by atoms with Crippen LogP contribution >= 0.6 is 11.3 Å². The molecular weight excluding hydrogens is 415 g/mol. The molecule has 1 aromatic heterocycles. The molecule has 15 heteroatoms. The van der Waals surface area contributed by atoms with Crippen molar-refractivity contribution < 1.29 is 36.9 Å². The predicted molar refractivity (Wildman–Crippen MR) is 93.7 cm³/mol. The van der Waals surface area contributed by atoms with E-state index in [1.54, 1.807) is 6.92 Å². The quantitative estimate of drug-likeness (QED) is 0.127. The first-order valence-corrected chi connectivity index (χ1v) is 9.12. The first-order valence-electron chi connectivity index (χ1n) is 6.84. The van der Waals surface area contributed by atoms with Gasteiger partial charge in [0.25, 0.3) is 11.8 Å². The Balaban J connectivity index is 0.00000364. The molecule has 1 aromatic rings. The van der Waals surface area contributed by atoms with Gasteiger partial charge in [0.2, 0.25) is 0 Å². The topological polar surface area (TPSA) is 165 Å². The number of rotatable bonds is 6. The Morgan fingerprint density at radius 1 is 1.41 bits per heavy atom. The molecule has 12 nitrogen and oxygen atoms in total. The van der Waals surface area contributed by atoms with Gasteiger partial charge in [-0.15, -0.1) is 11.3 Å². The zero-order valence-corrected chi connectivity index (χ0v) is 15.3. The summed E-state index contributed by atoms with van der Waals surface area (Å²) in [6.45, 7) is 1.70. The number of aryl methyl sites for hydroxylation is 1. The standard InChI is InChI=1S/C12H14N4O8S2.Na.H/c1-5-13-6(4-25-5)7(15-24-3)10(17)14-8-9(12(19)23-2)16(11(8)18)26(20,21)22;;/h4,8-9H,1-3H3,(H,14,17)(H,20,21,22);;/b15-7-;;.